The Morgan fingerprint density at radius 3 is 3.08 bits per heavy atom. The lowest BCUT2D eigenvalue weighted by Gasteiger charge is -2.07. The monoisotopic (exact) mass is 165 g/mol. The van der Waals surface area contributed by atoms with Gasteiger partial charge in [-0.05, 0) is 13.0 Å². The molecule has 0 aromatic heterocycles. The van der Waals surface area contributed by atoms with Crippen LogP contribution in [0, 0.1) is 0 Å². The highest BCUT2D eigenvalue weighted by atomic mass is 16.5. The Kier molecular flexibility index (Phi) is 2.66. The van der Waals surface area contributed by atoms with Crippen LogP contribution in [-0.2, 0) is 4.74 Å². The molecule has 0 bridgehead atoms. The van der Waals surface area contributed by atoms with E-state index >= 15 is 0 Å². The standard InChI is InChI=1S/C8H11N3O/c1-2-12-8-5-6(9)3-4-7(8)11-10/h3,5H,2,4,9H2,1H3. The van der Waals surface area contributed by atoms with Crippen molar-refractivity contribution in [2.75, 3.05) is 6.61 Å². The molecular formula is C8H11N3O. The van der Waals surface area contributed by atoms with Gasteiger partial charge in [0.05, 0.1) is 13.0 Å². The lowest BCUT2D eigenvalue weighted by atomic mass is 10.1. The Morgan fingerprint density at radius 2 is 2.50 bits per heavy atom. The van der Waals surface area contributed by atoms with Crippen molar-refractivity contribution in [1.29, 1.82) is 0 Å². The van der Waals surface area contributed by atoms with Crippen molar-refractivity contribution in [1.82, 2.24) is 0 Å². The van der Waals surface area contributed by atoms with Gasteiger partial charge in [0.15, 0.2) is 0 Å². The van der Waals surface area contributed by atoms with Gasteiger partial charge in [-0.3, -0.25) is 0 Å². The van der Waals surface area contributed by atoms with Crippen LogP contribution in [0.25, 0.3) is 5.53 Å². The van der Waals surface area contributed by atoms with Gasteiger partial charge in [0.25, 0.3) is 0 Å². The van der Waals surface area contributed by atoms with Crippen molar-refractivity contribution in [3.63, 3.8) is 0 Å². The third-order valence-electron chi connectivity index (χ3n) is 1.53. The number of hydrogen-bond donors (Lipinski definition) is 1. The van der Waals surface area contributed by atoms with Crippen LogP contribution in [0.15, 0.2) is 23.6 Å². The Balaban J connectivity index is 2.88. The van der Waals surface area contributed by atoms with Gasteiger partial charge in [0.2, 0.25) is 5.76 Å². The first-order valence-corrected chi connectivity index (χ1v) is 3.79. The quantitative estimate of drug-likeness (QED) is 0.486. The van der Waals surface area contributed by atoms with Gasteiger partial charge >= 0.3 is 5.71 Å². The fourth-order valence-corrected chi connectivity index (χ4v) is 0.979. The van der Waals surface area contributed by atoms with Crippen molar-refractivity contribution in [2.45, 2.75) is 13.3 Å². The Morgan fingerprint density at radius 1 is 1.75 bits per heavy atom. The molecule has 0 amide bonds. The largest absolute Gasteiger partial charge is 0.487 e. The Labute approximate surface area is 70.9 Å². The predicted octanol–water partition coefficient (Wildman–Crippen LogP) is 0.824. The van der Waals surface area contributed by atoms with Gasteiger partial charge in [0, 0.05) is 11.8 Å². The molecule has 0 aromatic rings. The summed E-state index contributed by atoms with van der Waals surface area (Å²) in [5.41, 5.74) is 15.3. The number of allylic oxidation sites excluding steroid dienone is 3. The van der Waals surface area contributed by atoms with Crippen LogP contribution < -0.4 is 5.73 Å². The molecule has 12 heavy (non-hydrogen) atoms. The van der Waals surface area contributed by atoms with Gasteiger partial charge in [-0.25, -0.2) is 0 Å². The fraction of sp³-hybridized carbons (Fsp3) is 0.375. The molecule has 0 aliphatic heterocycles. The minimum absolute atomic E-state index is 0.519. The molecule has 4 heteroatoms. The maximum atomic E-state index is 8.57. The molecule has 0 spiro atoms. The molecule has 0 heterocycles. The van der Waals surface area contributed by atoms with Gasteiger partial charge in [-0.2, -0.15) is 4.79 Å². The molecule has 2 N–H and O–H groups in total. The Hall–Kier alpha value is -1.54. The molecule has 0 radical (unpaired) electrons. The summed E-state index contributed by atoms with van der Waals surface area (Å²) in [6.07, 6.45) is 3.95. The van der Waals surface area contributed by atoms with Crippen molar-refractivity contribution in [3.05, 3.63) is 29.1 Å². The van der Waals surface area contributed by atoms with Crippen molar-refractivity contribution >= 4 is 5.71 Å². The number of rotatable bonds is 2. The highest BCUT2D eigenvalue weighted by Crippen LogP contribution is 2.11. The molecule has 1 aliphatic carbocycles. The summed E-state index contributed by atoms with van der Waals surface area (Å²) >= 11 is 0. The second-order valence-corrected chi connectivity index (χ2v) is 2.40. The van der Waals surface area contributed by atoms with Crippen LogP contribution in [0.4, 0.5) is 0 Å². The molecule has 64 valence electrons. The Bertz CT molecular complexity index is 285. The fourth-order valence-electron chi connectivity index (χ4n) is 0.979. The van der Waals surface area contributed by atoms with Crippen molar-refractivity contribution in [3.8, 4) is 0 Å². The summed E-state index contributed by atoms with van der Waals surface area (Å²) in [5, 5.41) is 0. The zero-order valence-electron chi connectivity index (χ0n) is 6.95. The maximum absolute atomic E-state index is 8.57. The molecule has 0 fully saturated rings. The third kappa shape index (κ3) is 1.74. The predicted molar refractivity (Wildman–Crippen MR) is 45.2 cm³/mol. The molecule has 1 aliphatic rings. The molecule has 0 saturated carbocycles. The van der Waals surface area contributed by atoms with Gasteiger partial charge in [-0.15, -0.1) is 0 Å². The number of hydrogen-bond acceptors (Lipinski definition) is 2. The van der Waals surface area contributed by atoms with Gasteiger partial charge < -0.3 is 16.0 Å². The minimum Gasteiger partial charge on any atom is -0.487 e. The van der Waals surface area contributed by atoms with Crippen LogP contribution in [-0.4, -0.2) is 17.1 Å². The molecule has 1 rings (SSSR count). The first-order valence-electron chi connectivity index (χ1n) is 3.79. The third-order valence-corrected chi connectivity index (χ3v) is 1.53. The highest BCUT2D eigenvalue weighted by molar-refractivity contribution is 5.96. The van der Waals surface area contributed by atoms with Crippen LogP contribution in [0.5, 0.6) is 0 Å². The first kappa shape index (κ1) is 8.56. The first-order chi connectivity index (χ1) is 5.77. The molecule has 0 saturated heterocycles. The summed E-state index contributed by atoms with van der Waals surface area (Å²) in [4.78, 5) is 3.11. The van der Waals surface area contributed by atoms with E-state index in [9.17, 15) is 0 Å². The van der Waals surface area contributed by atoms with E-state index < -0.39 is 0 Å². The van der Waals surface area contributed by atoms with Gasteiger partial charge in [0.1, 0.15) is 0 Å². The van der Waals surface area contributed by atoms with E-state index in [1.807, 2.05) is 6.92 Å². The molecule has 0 atom stereocenters. The SMILES string of the molecule is CCOC1=CC(N)=CCC1=[N+]=[N-]. The lowest BCUT2D eigenvalue weighted by Crippen LogP contribution is -2.13. The topological polar surface area (TPSA) is 71.7 Å². The van der Waals surface area contributed by atoms with Gasteiger partial charge in [-0.1, -0.05) is 0 Å². The summed E-state index contributed by atoms with van der Waals surface area (Å²) in [7, 11) is 0. The lowest BCUT2D eigenvalue weighted by molar-refractivity contribution is -0.0118. The normalized spacial score (nSPS) is 16.2. The minimum atomic E-state index is 0.519. The average Bonchev–Trinajstić information content (AvgIpc) is 2.05. The summed E-state index contributed by atoms with van der Waals surface area (Å²) in [6.45, 7) is 2.41. The zero-order chi connectivity index (χ0) is 8.97. The van der Waals surface area contributed by atoms with E-state index in [1.54, 1.807) is 12.2 Å². The van der Waals surface area contributed by atoms with E-state index in [4.69, 9.17) is 16.0 Å². The van der Waals surface area contributed by atoms with E-state index in [0.29, 0.717) is 30.2 Å². The van der Waals surface area contributed by atoms with Crippen LogP contribution >= 0.6 is 0 Å². The van der Waals surface area contributed by atoms with E-state index in [-0.39, 0.29) is 0 Å². The van der Waals surface area contributed by atoms with E-state index in [1.165, 1.54) is 0 Å². The van der Waals surface area contributed by atoms with Crippen LogP contribution in [0.3, 0.4) is 0 Å². The molecule has 0 aromatic carbocycles. The van der Waals surface area contributed by atoms with Crippen molar-refractivity contribution < 1.29 is 9.53 Å². The smallest absolute Gasteiger partial charge is 0.337 e. The summed E-state index contributed by atoms with van der Waals surface area (Å²) < 4.78 is 5.21. The second kappa shape index (κ2) is 3.74. The maximum Gasteiger partial charge on any atom is 0.337 e. The summed E-state index contributed by atoms with van der Waals surface area (Å²) in [5.74, 6) is 0.556. The van der Waals surface area contributed by atoms with E-state index in [0.717, 1.165) is 0 Å². The number of nitrogens with zero attached hydrogens (tertiary/aromatic N) is 2. The summed E-state index contributed by atoms with van der Waals surface area (Å²) in [6, 6.07) is 0. The molecule has 4 nitrogen and oxygen atoms in total. The van der Waals surface area contributed by atoms with Crippen LogP contribution in [0.2, 0.25) is 0 Å². The zero-order valence-corrected chi connectivity index (χ0v) is 6.95. The number of nitrogens with two attached hydrogens (primary N) is 1. The second-order valence-electron chi connectivity index (χ2n) is 2.40. The average molecular weight is 165 g/mol. The molecular weight excluding hydrogens is 154 g/mol. The van der Waals surface area contributed by atoms with E-state index in [2.05, 4.69) is 4.79 Å². The highest BCUT2D eigenvalue weighted by Gasteiger charge is 2.19. The van der Waals surface area contributed by atoms with Crippen molar-refractivity contribution in [2.24, 2.45) is 5.73 Å². The number of ether oxygens (including phenoxy) is 1. The van der Waals surface area contributed by atoms with Crippen LogP contribution in [0.1, 0.15) is 13.3 Å². The molecule has 0 unspecified atom stereocenters.